The molecule has 282 valence electrons. The van der Waals surface area contributed by atoms with Gasteiger partial charge in [-0.15, -0.1) is 0 Å². The summed E-state index contributed by atoms with van der Waals surface area (Å²) in [5.74, 6) is -1.65. The van der Waals surface area contributed by atoms with Crippen LogP contribution in [-0.2, 0) is 22.6 Å². The monoisotopic (exact) mass is 734 g/mol. The van der Waals surface area contributed by atoms with Crippen LogP contribution in [-0.4, -0.2) is 92.1 Å². The van der Waals surface area contributed by atoms with Crippen molar-refractivity contribution < 1.29 is 33.4 Å². The molecule has 1 unspecified atom stereocenters. The number of ketones is 1. The largest absolute Gasteiger partial charge is 0.497 e. The number of benzene rings is 4. The van der Waals surface area contributed by atoms with Crippen molar-refractivity contribution in [1.82, 2.24) is 14.7 Å². The molecular formula is C41H46N6O7. The number of ether oxygens (including phenoxy) is 2. The van der Waals surface area contributed by atoms with Crippen molar-refractivity contribution in [2.24, 2.45) is 5.73 Å². The number of hydrogen-bond donors (Lipinski definition) is 3. The highest BCUT2D eigenvalue weighted by Gasteiger charge is 2.35. The molecule has 0 aromatic heterocycles. The predicted octanol–water partition coefficient (Wildman–Crippen LogP) is 4.15. The Morgan fingerprint density at radius 2 is 1.50 bits per heavy atom. The first-order chi connectivity index (χ1) is 25.7. The van der Waals surface area contributed by atoms with Gasteiger partial charge in [-0.05, 0) is 111 Å². The summed E-state index contributed by atoms with van der Waals surface area (Å²) in [5.41, 5.74) is 16.7. The molecule has 1 heterocycles. The Labute approximate surface area is 314 Å². The number of aryl methyl sites for hydroxylation is 2. The maximum absolute atomic E-state index is 14.5. The Balaban J connectivity index is 1.45. The molecule has 0 spiro atoms. The van der Waals surface area contributed by atoms with Crippen LogP contribution in [0.2, 0.25) is 0 Å². The van der Waals surface area contributed by atoms with Gasteiger partial charge in [0.2, 0.25) is 5.91 Å². The summed E-state index contributed by atoms with van der Waals surface area (Å²) in [6.45, 7) is 4.28. The van der Waals surface area contributed by atoms with Crippen molar-refractivity contribution in [3.05, 3.63) is 117 Å². The molecule has 13 heteroatoms. The van der Waals surface area contributed by atoms with Crippen LogP contribution in [0.3, 0.4) is 0 Å². The fourth-order valence-corrected chi connectivity index (χ4v) is 6.70. The minimum absolute atomic E-state index is 0.174. The van der Waals surface area contributed by atoms with E-state index in [1.54, 1.807) is 93.6 Å². The molecule has 54 heavy (non-hydrogen) atoms. The third-order valence-corrected chi connectivity index (χ3v) is 9.40. The minimum atomic E-state index is -0.835. The number of nitrogens with two attached hydrogens (primary N) is 2. The lowest BCUT2D eigenvalue weighted by molar-refractivity contribution is -0.118. The summed E-state index contributed by atoms with van der Waals surface area (Å²) in [6.07, 6.45) is 0.429. The van der Waals surface area contributed by atoms with Gasteiger partial charge in [0.05, 0.1) is 26.8 Å². The van der Waals surface area contributed by atoms with Gasteiger partial charge in [0.15, 0.2) is 0 Å². The van der Waals surface area contributed by atoms with Gasteiger partial charge in [-0.25, -0.2) is 0 Å². The average Bonchev–Trinajstić information content (AvgIpc) is 3.13. The molecule has 4 aromatic carbocycles. The van der Waals surface area contributed by atoms with Crippen molar-refractivity contribution >= 4 is 40.8 Å². The fourth-order valence-electron chi connectivity index (χ4n) is 6.70. The maximum atomic E-state index is 14.5. The summed E-state index contributed by atoms with van der Waals surface area (Å²) in [6, 6.07) is 20.3. The molecule has 0 bridgehead atoms. The van der Waals surface area contributed by atoms with E-state index in [9.17, 15) is 24.0 Å². The standard InChI is InChI=1S/C41H46N6O7/c1-24-15-30(42)16-25(2)37(24)38(49)39(50)44-31-12-11-28-19-35(29-17-32(53-5)21-33(18-29)54-6)47(41(52)34(28)20-31)22-26-7-9-27(10-8-26)40(51)46(23-36(43)48)14-13-45(3)4/h7-12,15-18,20-21,35H,13-14,19,22-23,42H2,1-6H3,(H2,43,48)(H,44,50). The van der Waals surface area contributed by atoms with Crippen molar-refractivity contribution in [3.63, 3.8) is 0 Å². The number of carbonyl (C=O) groups excluding carboxylic acids is 5. The van der Waals surface area contributed by atoms with Gasteiger partial charge in [-0.1, -0.05) is 18.2 Å². The summed E-state index contributed by atoms with van der Waals surface area (Å²) < 4.78 is 11.1. The highest BCUT2D eigenvalue weighted by atomic mass is 16.5. The van der Waals surface area contributed by atoms with Crippen LogP contribution in [0.1, 0.15) is 64.9 Å². The Bertz CT molecular complexity index is 2050. The molecule has 0 fully saturated rings. The van der Waals surface area contributed by atoms with Crippen LogP contribution in [0.15, 0.2) is 72.8 Å². The summed E-state index contributed by atoms with van der Waals surface area (Å²) in [7, 11) is 6.86. The van der Waals surface area contributed by atoms with Crippen LogP contribution in [0.4, 0.5) is 11.4 Å². The van der Waals surface area contributed by atoms with Gasteiger partial charge < -0.3 is 41.0 Å². The van der Waals surface area contributed by atoms with E-state index in [-0.39, 0.29) is 30.5 Å². The first-order valence-corrected chi connectivity index (χ1v) is 17.4. The summed E-state index contributed by atoms with van der Waals surface area (Å²) in [5, 5.41) is 2.68. The van der Waals surface area contributed by atoms with Gasteiger partial charge in [0.25, 0.3) is 23.5 Å². The Morgan fingerprint density at radius 3 is 2.07 bits per heavy atom. The third kappa shape index (κ3) is 8.87. The van der Waals surface area contributed by atoms with Crippen molar-refractivity contribution in [2.45, 2.75) is 32.9 Å². The van der Waals surface area contributed by atoms with Gasteiger partial charge in [0, 0.05) is 53.8 Å². The van der Waals surface area contributed by atoms with Gasteiger partial charge in [-0.3, -0.25) is 24.0 Å². The van der Waals surface area contributed by atoms with Crippen LogP contribution in [0, 0.1) is 13.8 Å². The van der Waals surface area contributed by atoms with Crippen LogP contribution in [0.25, 0.3) is 0 Å². The van der Waals surface area contributed by atoms with E-state index in [2.05, 4.69) is 5.32 Å². The highest BCUT2D eigenvalue weighted by Crippen LogP contribution is 2.38. The van der Waals surface area contributed by atoms with E-state index < -0.39 is 23.6 Å². The number of nitrogens with zero attached hydrogens (tertiary/aromatic N) is 3. The van der Waals surface area contributed by atoms with E-state index in [1.165, 1.54) is 4.90 Å². The minimum Gasteiger partial charge on any atom is -0.497 e. The van der Waals surface area contributed by atoms with Crippen LogP contribution in [0.5, 0.6) is 11.5 Å². The lowest BCUT2D eigenvalue weighted by Gasteiger charge is -2.37. The molecule has 5 rings (SSSR count). The molecule has 1 aliphatic heterocycles. The fraction of sp³-hybridized carbons (Fsp3) is 0.293. The number of nitrogen functional groups attached to an aromatic ring is 1. The molecule has 0 saturated heterocycles. The van der Waals surface area contributed by atoms with E-state index in [0.717, 1.165) is 16.7 Å². The second kappa shape index (κ2) is 16.6. The number of rotatable bonds is 14. The first kappa shape index (κ1) is 39.0. The Hall–Kier alpha value is -6.21. The van der Waals surface area contributed by atoms with E-state index in [4.69, 9.17) is 20.9 Å². The number of amides is 4. The molecule has 1 aliphatic rings. The molecule has 13 nitrogen and oxygen atoms in total. The van der Waals surface area contributed by atoms with E-state index in [0.29, 0.717) is 64.6 Å². The number of Topliss-reactive ketones (excluding diaryl/α,β-unsaturated/α-hetero) is 1. The SMILES string of the molecule is COc1cc(OC)cc(C2Cc3ccc(NC(=O)C(=O)c4c(C)cc(N)cc4C)cc3C(=O)N2Cc2ccc(C(=O)N(CCN(C)C)CC(N)=O)cc2)c1. The Morgan fingerprint density at radius 1 is 0.870 bits per heavy atom. The first-order valence-electron chi connectivity index (χ1n) is 17.4. The topological polar surface area (TPSA) is 178 Å². The quantitative estimate of drug-likeness (QED) is 0.0976. The average molecular weight is 735 g/mol. The lowest BCUT2D eigenvalue weighted by atomic mass is 9.88. The highest BCUT2D eigenvalue weighted by molar-refractivity contribution is 6.47. The second-order valence-electron chi connectivity index (χ2n) is 13.7. The lowest BCUT2D eigenvalue weighted by Crippen LogP contribution is -2.42. The van der Waals surface area contributed by atoms with E-state index in [1.807, 2.05) is 31.1 Å². The number of carbonyl (C=O) groups is 5. The molecule has 0 saturated carbocycles. The molecule has 1 atom stereocenters. The number of nitrogens with one attached hydrogen (secondary N) is 1. The van der Waals surface area contributed by atoms with Crippen LogP contribution < -0.4 is 26.3 Å². The number of hydrogen-bond acceptors (Lipinski definition) is 9. The van der Waals surface area contributed by atoms with Crippen molar-refractivity contribution in [2.75, 3.05) is 59.0 Å². The number of primary amides is 1. The second-order valence-corrected chi connectivity index (χ2v) is 13.7. The van der Waals surface area contributed by atoms with Gasteiger partial charge in [-0.2, -0.15) is 0 Å². The van der Waals surface area contributed by atoms with Crippen molar-refractivity contribution in [3.8, 4) is 11.5 Å². The zero-order valence-electron chi connectivity index (χ0n) is 31.4. The molecular weight excluding hydrogens is 688 g/mol. The summed E-state index contributed by atoms with van der Waals surface area (Å²) >= 11 is 0. The van der Waals surface area contributed by atoms with E-state index >= 15 is 0 Å². The number of methoxy groups -OCH3 is 2. The maximum Gasteiger partial charge on any atom is 0.296 e. The Kier molecular flexibility index (Phi) is 12.0. The number of anilines is 2. The molecule has 0 aliphatic carbocycles. The third-order valence-electron chi connectivity index (χ3n) is 9.40. The van der Waals surface area contributed by atoms with Crippen LogP contribution >= 0.6 is 0 Å². The van der Waals surface area contributed by atoms with Gasteiger partial charge in [0.1, 0.15) is 11.5 Å². The molecule has 4 aromatic rings. The molecule has 5 N–H and O–H groups in total. The smallest absolute Gasteiger partial charge is 0.296 e. The predicted molar refractivity (Wildman–Crippen MR) is 206 cm³/mol. The molecule has 4 amide bonds. The number of fused-ring (bicyclic) bond motifs is 1. The summed E-state index contributed by atoms with van der Waals surface area (Å²) in [4.78, 5) is 71.1. The zero-order valence-corrected chi connectivity index (χ0v) is 31.4. The molecule has 0 radical (unpaired) electrons. The van der Waals surface area contributed by atoms with Gasteiger partial charge >= 0.3 is 0 Å². The number of likely N-dealkylation sites (N-methyl/N-ethyl adjacent to an activating group) is 1. The van der Waals surface area contributed by atoms with Crippen molar-refractivity contribution in [1.29, 1.82) is 0 Å². The zero-order chi connectivity index (χ0) is 39.3. The normalized spacial score (nSPS) is 13.6.